The van der Waals surface area contributed by atoms with Crippen molar-refractivity contribution in [1.82, 2.24) is 10.3 Å². The molecule has 1 fully saturated rings. The number of fused-ring (bicyclic) bond motifs is 1. The lowest BCUT2D eigenvalue weighted by molar-refractivity contribution is 0.0904. The molecule has 20 heavy (non-hydrogen) atoms. The number of nitrogen functional groups attached to an aromatic ring is 1. The fourth-order valence-electron chi connectivity index (χ4n) is 2.66. The summed E-state index contributed by atoms with van der Waals surface area (Å²) in [5, 5.41) is 3.92. The molecule has 0 radical (unpaired) electrons. The second-order valence-electron chi connectivity index (χ2n) is 5.57. The molecule has 1 aromatic carbocycles. The summed E-state index contributed by atoms with van der Waals surface area (Å²) in [6, 6.07) is 9.46. The van der Waals surface area contributed by atoms with E-state index in [-0.39, 0.29) is 11.9 Å². The van der Waals surface area contributed by atoms with Gasteiger partial charge in [0.15, 0.2) is 0 Å². The molecule has 1 aromatic heterocycles. The van der Waals surface area contributed by atoms with Crippen LogP contribution in [-0.2, 0) is 0 Å². The van der Waals surface area contributed by atoms with Crippen molar-refractivity contribution in [2.45, 2.75) is 32.2 Å². The van der Waals surface area contributed by atoms with E-state index in [1.54, 1.807) is 6.07 Å². The monoisotopic (exact) mass is 269 g/mol. The molecule has 4 heteroatoms. The average molecular weight is 269 g/mol. The van der Waals surface area contributed by atoms with Crippen molar-refractivity contribution >= 4 is 22.5 Å². The number of rotatable bonds is 3. The Kier molecular flexibility index (Phi) is 3.30. The number of anilines is 1. The molecule has 4 nitrogen and oxygen atoms in total. The average Bonchev–Trinajstić information content (AvgIpc) is 2.36. The van der Waals surface area contributed by atoms with Gasteiger partial charge in [-0.05, 0) is 37.8 Å². The SMILES string of the molecule is CC(NC(=O)c1cc(N)c2ccccc2n1)C1CCC1. The van der Waals surface area contributed by atoms with E-state index in [0.717, 1.165) is 10.9 Å². The summed E-state index contributed by atoms with van der Waals surface area (Å²) in [6.07, 6.45) is 3.68. The van der Waals surface area contributed by atoms with Crippen LogP contribution in [0.5, 0.6) is 0 Å². The molecule has 1 heterocycles. The zero-order chi connectivity index (χ0) is 14.1. The summed E-state index contributed by atoms with van der Waals surface area (Å²) in [5.74, 6) is 0.471. The van der Waals surface area contributed by atoms with Crippen LogP contribution in [0.1, 0.15) is 36.7 Å². The normalized spacial score (nSPS) is 16.6. The highest BCUT2D eigenvalue weighted by molar-refractivity contribution is 5.99. The zero-order valence-corrected chi connectivity index (χ0v) is 11.6. The van der Waals surface area contributed by atoms with Crippen LogP contribution in [0.25, 0.3) is 10.9 Å². The van der Waals surface area contributed by atoms with Gasteiger partial charge in [0.25, 0.3) is 5.91 Å². The molecule has 0 aliphatic heterocycles. The first-order valence-electron chi connectivity index (χ1n) is 7.11. The Morgan fingerprint density at radius 2 is 2.15 bits per heavy atom. The number of pyridine rings is 1. The summed E-state index contributed by atoms with van der Waals surface area (Å²) in [6.45, 7) is 2.06. The molecule has 1 amide bonds. The lowest BCUT2D eigenvalue weighted by atomic mass is 9.80. The van der Waals surface area contributed by atoms with E-state index < -0.39 is 0 Å². The molecule has 0 saturated heterocycles. The molecule has 3 rings (SSSR count). The van der Waals surface area contributed by atoms with E-state index in [1.807, 2.05) is 24.3 Å². The third-order valence-electron chi connectivity index (χ3n) is 4.20. The van der Waals surface area contributed by atoms with E-state index in [1.165, 1.54) is 19.3 Å². The van der Waals surface area contributed by atoms with Gasteiger partial charge in [0.05, 0.1) is 5.52 Å². The molecule has 1 aliphatic carbocycles. The van der Waals surface area contributed by atoms with Crippen LogP contribution in [0.15, 0.2) is 30.3 Å². The Morgan fingerprint density at radius 1 is 1.40 bits per heavy atom. The number of hydrogen-bond donors (Lipinski definition) is 2. The minimum atomic E-state index is -0.137. The molecule has 1 atom stereocenters. The first-order valence-corrected chi connectivity index (χ1v) is 7.11. The second kappa shape index (κ2) is 5.12. The third-order valence-corrected chi connectivity index (χ3v) is 4.20. The van der Waals surface area contributed by atoms with Crippen LogP contribution in [0.3, 0.4) is 0 Å². The lowest BCUT2D eigenvalue weighted by Crippen LogP contribution is -2.41. The highest BCUT2D eigenvalue weighted by Gasteiger charge is 2.25. The number of hydrogen-bond acceptors (Lipinski definition) is 3. The Labute approximate surface area is 118 Å². The van der Waals surface area contributed by atoms with Crippen LogP contribution in [-0.4, -0.2) is 16.9 Å². The summed E-state index contributed by atoms with van der Waals surface area (Å²) < 4.78 is 0. The maximum absolute atomic E-state index is 12.3. The number of nitrogens with one attached hydrogen (secondary N) is 1. The lowest BCUT2D eigenvalue weighted by Gasteiger charge is -2.31. The number of amides is 1. The highest BCUT2D eigenvalue weighted by Crippen LogP contribution is 2.29. The molecule has 104 valence electrons. The van der Waals surface area contributed by atoms with Crippen LogP contribution in [0.2, 0.25) is 0 Å². The van der Waals surface area contributed by atoms with Gasteiger partial charge in [-0.3, -0.25) is 4.79 Å². The largest absolute Gasteiger partial charge is 0.398 e. The van der Waals surface area contributed by atoms with E-state index >= 15 is 0 Å². The Morgan fingerprint density at radius 3 is 2.85 bits per heavy atom. The molecule has 2 aromatic rings. The van der Waals surface area contributed by atoms with Gasteiger partial charge >= 0.3 is 0 Å². The summed E-state index contributed by atoms with van der Waals surface area (Å²) >= 11 is 0. The van der Waals surface area contributed by atoms with Crippen LogP contribution >= 0.6 is 0 Å². The van der Waals surface area contributed by atoms with E-state index in [9.17, 15) is 4.79 Å². The predicted octanol–water partition coefficient (Wildman–Crippen LogP) is 2.74. The van der Waals surface area contributed by atoms with Crippen molar-refractivity contribution in [2.24, 2.45) is 5.92 Å². The molecule has 1 saturated carbocycles. The van der Waals surface area contributed by atoms with E-state index in [0.29, 0.717) is 17.3 Å². The van der Waals surface area contributed by atoms with E-state index in [4.69, 9.17) is 5.73 Å². The maximum atomic E-state index is 12.3. The van der Waals surface area contributed by atoms with Gasteiger partial charge in [0.1, 0.15) is 5.69 Å². The predicted molar refractivity (Wildman–Crippen MR) is 80.4 cm³/mol. The number of para-hydroxylation sites is 1. The summed E-state index contributed by atoms with van der Waals surface area (Å²) in [5.41, 5.74) is 7.75. The Balaban J connectivity index is 1.84. The zero-order valence-electron chi connectivity index (χ0n) is 11.6. The second-order valence-corrected chi connectivity index (χ2v) is 5.57. The fraction of sp³-hybridized carbons (Fsp3) is 0.375. The number of carbonyl (C=O) groups excluding carboxylic acids is 1. The standard InChI is InChI=1S/C16H19N3O/c1-10(11-5-4-6-11)18-16(20)15-9-13(17)12-7-2-3-8-14(12)19-15/h2-3,7-11H,4-6H2,1H3,(H2,17,19)(H,18,20). The van der Waals surface area contributed by atoms with Gasteiger partial charge in [-0.2, -0.15) is 0 Å². The number of aromatic nitrogens is 1. The fourth-order valence-corrected chi connectivity index (χ4v) is 2.66. The van der Waals surface area contributed by atoms with Gasteiger partial charge in [0, 0.05) is 17.1 Å². The Hall–Kier alpha value is -2.10. The van der Waals surface area contributed by atoms with Crippen molar-refractivity contribution in [3.8, 4) is 0 Å². The minimum absolute atomic E-state index is 0.137. The van der Waals surface area contributed by atoms with Gasteiger partial charge in [-0.1, -0.05) is 24.6 Å². The van der Waals surface area contributed by atoms with Gasteiger partial charge in [-0.15, -0.1) is 0 Å². The van der Waals surface area contributed by atoms with Crippen molar-refractivity contribution in [1.29, 1.82) is 0 Å². The molecule has 1 unspecified atom stereocenters. The third kappa shape index (κ3) is 2.33. The highest BCUT2D eigenvalue weighted by atomic mass is 16.1. The van der Waals surface area contributed by atoms with Crippen molar-refractivity contribution < 1.29 is 4.79 Å². The summed E-state index contributed by atoms with van der Waals surface area (Å²) in [7, 11) is 0. The minimum Gasteiger partial charge on any atom is -0.398 e. The summed E-state index contributed by atoms with van der Waals surface area (Å²) in [4.78, 5) is 16.7. The number of benzene rings is 1. The van der Waals surface area contributed by atoms with Gasteiger partial charge < -0.3 is 11.1 Å². The number of nitrogens with zero attached hydrogens (tertiary/aromatic N) is 1. The first-order chi connectivity index (χ1) is 9.65. The smallest absolute Gasteiger partial charge is 0.270 e. The topological polar surface area (TPSA) is 68.0 Å². The maximum Gasteiger partial charge on any atom is 0.270 e. The molecule has 3 N–H and O–H groups in total. The van der Waals surface area contributed by atoms with Crippen molar-refractivity contribution in [2.75, 3.05) is 5.73 Å². The van der Waals surface area contributed by atoms with Crippen molar-refractivity contribution in [3.05, 3.63) is 36.0 Å². The number of carbonyl (C=O) groups is 1. The molecule has 0 bridgehead atoms. The molecule has 1 aliphatic rings. The first kappa shape index (κ1) is 12.9. The molecular formula is C16H19N3O. The van der Waals surface area contributed by atoms with Crippen LogP contribution < -0.4 is 11.1 Å². The number of nitrogens with two attached hydrogens (primary N) is 1. The van der Waals surface area contributed by atoms with Crippen LogP contribution in [0.4, 0.5) is 5.69 Å². The van der Waals surface area contributed by atoms with E-state index in [2.05, 4.69) is 17.2 Å². The molecule has 0 spiro atoms. The van der Waals surface area contributed by atoms with Crippen LogP contribution in [0, 0.1) is 5.92 Å². The van der Waals surface area contributed by atoms with Gasteiger partial charge in [-0.25, -0.2) is 4.98 Å². The van der Waals surface area contributed by atoms with Crippen molar-refractivity contribution in [3.63, 3.8) is 0 Å². The van der Waals surface area contributed by atoms with Gasteiger partial charge in [0.2, 0.25) is 0 Å². The quantitative estimate of drug-likeness (QED) is 0.900. The molecular weight excluding hydrogens is 250 g/mol. The Bertz CT molecular complexity index is 649.